The number of rotatable bonds is 1. The van der Waals surface area contributed by atoms with Crippen LogP contribution in [0.5, 0.6) is 0 Å². The SMILES string of the molecule is Fc1cccc(C(F)(F)F)c1[C@H]1CCN1. The zero-order chi connectivity index (χ0) is 11.1. The molecule has 1 heterocycles. The molecule has 1 nitrogen and oxygen atoms in total. The standard InChI is InChI=1S/C10H9F4N/c11-7-3-1-2-6(10(12,13)14)9(7)8-4-5-15-8/h1-3,8,15H,4-5H2/t8-/m1/s1. The molecule has 15 heavy (non-hydrogen) atoms. The highest BCUT2D eigenvalue weighted by Crippen LogP contribution is 2.38. The molecule has 1 aliphatic rings. The normalized spacial score (nSPS) is 21.2. The first-order valence-electron chi connectivity index (χ1n) is 4.59. The number of hydrogen-bond acceptors (Lipinski definition) is 1. The Labute approximate surface area is 84.1 Å². The van der Waals surface area contributed by atoms with E-state index in [0.29, 0.717) is 13.0 Å². The van der Waals surface area contributed by atoms with Crippen LogP contribution in [0.3, 0.4) is 0 Å². The van der Waals surface area contributed by atoms with Gasteiger partial charge in [-0.3, -0.25) is 0 Å². The fourth-order valence-corrected chi connectivity index (χ4v) is 1.67. The molecular weight excluding hydrogens is 210 g/mol. The summed E-state index contributed by atoms with van der Waals surface area (Å²) in [5, 5.41) is 2.78. The van der Waals surface area contributed by atoms with Gasteiger partial charge in [-0.25, -0.2) is 4.39 Å². The second-order valence-electron chi connectivity index (χ2n) is 3.49. The van der Waals surface area contributed by atoms with Gasteiger partial charge in [-0.1, -0.05) is 6.07 Å². The lowest BCUT2D eigenvalue weighted by Gasteiger charge is -2.30. The van der Waals surface area contributed by atoms with Crippen LogP contribution < -0.4 is 5.32 Å². The lowest BCUT2D eigenvalue weighted by molar-refractivity contribution is -0.138. The van der Waals surface area contributed by atoms with Crippen LogP contribution in [0.25, 0.3) is 0 Å². The lowest BCUT2D eigenvalue weighted by Crippen LogP contribution is -2.37. The van der Waals surface area contributed by atoms with Crippen molar-refractivity contribution < 1.29 is 17.6 Å². The summed E-state index contributed by atoms with van der Waals surface area (Å²) in [5.41, 5.74) is -1.13. The average Bonchev–Trinajstić information content (AvgIpc) is 2.03. The van der Waals surface area contributed by atoms with Gasteiger partial charge < -0.3 is 5.32 Å². The van der Waals surface area contributed by atoms with E-state index in [4.69, 9.17) is 0 Å². The summed E-state index contributed by atoms with van der Waals surface area (Å²) >= 11 is 0. The van der Waals surface area contributed by atoms with Crippen LogP contribution in [0, 0.1) is 5.82 Å². The van der Waals surface area contributed by atoms with Crippen LogP contribution in [0.1, 0.15) is 23.6 Å². The van der Waals surface area contributed by atoms with Gasteiger partial charge in [0, 0.05) is 11.6 Å². The molecule has 0 amide bonds. The largest absolute Gasteiger partial charge is 0.416 e. The summed E-state index contributed by atoms with van der Waals surface area (Å²) in [5.74, 6) is -0.790. The molecule has 0 bridgehead atoms. The molecule has 82 valence electrons. The Hall–Kier alpha value is -1.10. The Morgan fingerprint density at radius 1 is 1.27 bits per heavy atom. The summed E-state index contributed by atoms with van der Waals surface area (Å²) in [6.07, 6.45) is -3.95. The van der Waals surface area contributed by atoms with E-state index in [1.54, 1.807) is 0 Å². The predicted octanol–water partition coefficient (Wildman–Crippen LogP) is 2.88. The van der Waals surface area contributed by atoms with E-state index in [0.717, 1.165) is 18.2 Å². The van der Waals surface area contributed by atoms with Gasteiger partial charge in [0.15, 0.2) is 0 Å². The van der Waals surface area contributed by atoms with Crippen molar-refractivity contribution in [3.05, 3.63) is 35.1 Å². The van der Waals surface area contributed by atoms with Gasteiger partial charge in [0.05, 0.1) is 5.56 Å². The van der Waals surface area contributed by atoms with E-state index in [1.807, 2.05) is 0 Å². The molecule has 1 atom stereocenters. The van der Waals surface area contributed by atoms with Gasteiger partial charge in [0.2, 0.25) is 0 Å². The Kier molecular flexibility index (Phi) is 2.42. The third-order valence-corrected chi connectivity index (χ3v) is 2.53. The summed E-state index contributed by atoms with van der Waals surface area (Å²) in [6, 6.07) is 2.56. The third kappa shape index (κ3) is 1.84. The molecule has 1 N–H and O–H groups in total. The van der Waals surface area contributed by atoms with Crippen molar-refractivity contribution in [1.29, 1.82) is 0 Å². The second-order valence-corrected chi connectivity index (χ2v) is 3.49. The Morgan fingerprint density at radius 3 is 2.40 bits per heavy atom. The molecule has 0 spiro atoms. The first kappa shape index (κ1) is 10.4. The Morgan fingerprint density at radius 2 is 1.93 bits per heavy atom. The summed E-state index contributed by atoms with van der Waals surface area (Å²) in [4.78, 5) is 0. The van der Waals surface area contributed by atoms with E-state index in [2.05, 4.69) is 5.32 Å². The van der Waals surface area contributed by atoms with Gasteiger partial charge in [-0.15, -0.1) is 0 Å². The first-order chi connectivity index (χ1) is 7.00. The van der Waals surface area contributed by atoms with Gasteiger partial charge in [0.25, 0.3) is 0 Å². The highest BCUT2D eigenvalue weighted by atomic mass is 19.4. The van der Waals surface area contributed by atoms with Crippen molar-refractivity contribution in [2.75, 3.05) is 6.54 Å². The monoisotopic (exact) mass is 219 g/mol. The lowest BCUT2D eigenvalue weighted by atomic mass is 9.92. The maximum Gasteiger partial charge on any atom is 0.416 e. The maximum atomic E-state index is 13.3. The minimum atomic E-state index is -4.49. The molecule has 1 aromatic carbocycles. The number of alkyl halides is 3. The third-order valence-electron chi connectivity index (χ3n) is 2.53. The van der Waals surface area contributed by atoms with Crippen LogP contribution in [-0.2, 0) is 6.18 Å². The molecule has 1 saturated heterocycles. The molecule has 0 aliphatic carbocycles. The highest BCUT2D eigenvalue weighted by molar-refractivity contribution is 5.34. The van der Waals surface area contributed by atoms with Crippen molar-refractivity contribution in [3.63, 3.8) is 0 Å². The minimum absolute atomic E-state index is 0.253. The summed E-state index contributed by atoms with van der Waals surface area (Å²) < 4.78 is 51.0. The number of benzene rings is 1. The molecule has 1 fully saturated rings. The zero-order valence-corrected chi connectivity index (χ0v) is 7.74. The molecule has 2 rings (SSSR count). The first-order valence-corrected chi connectivity index (χ1v) is 4.59. The highest BCUT2D eigenvalue weighted by Gasteiger charge is 2.37. The van der Waals surface area contributed by atoms with Crippen molar-refractivity contribution in [2.24, 2.45) is 0 Å². The molecule has 0 unspecified atom stereocenters. The molecule has 1 aromatic rings. The van der Waals surface area contributed by atoms with Crippen molar-refractivity contribution in [3.8, 4) is 0 Å². The number of halogens is 4. The van der Waals surface area contributed by atoms with Crippen LogP contribution in [-0.4, -0.2) is 6.54 Å². The zero-order valence-electron chi connectivity index (χ0n) is 7.74. The fourth-order valence-electron chi connectivity index (χ4n) is 1.67. The van der Waals surface area contributed by atoms with E-state index in [-0.39, 0.29) is 5.56 Å². The molecular formula is C10H9F4N. The fraction of sp³-hybridized carbons (Fsp3) is 0.400. The van der Waals surface area contributed by atoms with Crippen molar-refractivity contribution in [1.82, 2.24) is 5.32 Å². The topological polar surface area (TPSA) is 12.0 Å². The van der Waals surface area contributed by atoms with E-state index in [1.165, 1.54) is 0 Å². The molecule has 5 heteroatoms. The molecule has 0 aromatic heterocycles. The van der Waals surface area contributed by atoms with Crippen molar-refractivity contribution in [2.45, 2.75) is 18.6 Å². The summed E-state index contributed by atoms with van der Waals surface area (Å²) in [7, 11) is 0. The number of nitrogens with one attached hydrogen (secondary N) is 1. The maximum absolute atomic E-state index is 13.3. The van der Waals surface area contributed by atoms with Crippen LogP contribution in [0.15, 0.2) is 18.2 Å². The average molecular weight is 219 g/mol. The van der Waals surface area contributed by atoms with Gasteiger partial charge in [0.1, 0.15) is 5.82 Å². The van der Waals surface area contributed by atoms with Crippen LogP contribution >= 0.6 is 0 Å². The van der Waals surface area contributed by atoms with E-state index in [9.17, 15) is 17.6 Å². The Bertz CT molecular complexity index is 368. The minimum Gasteiger partial charge on any atom is -0.310 e. The van der Waals surface area contributed by atoms with E-state index >= 15 is 0 Å². The van der Waals surface area contributed by atoms with Gasteiger partial charge in [-0.05, 0) is 25.1 Å². The molecule has 1 aliphatic heterocycles. The van der Waals surface area contributed by atoms with Gasteiger partial charge >= 0.3 is 6.18 Å². The van der Waals surface area contributed by atoms with E-state index < -0.39 is 23.6 Å². The van der Waals surface area contributed by atoms with Crippen LogP contribution in [0.2, 0.25) is 0 Å². The quantitative estimate of drug-likeness (QED) is 0.716. The predicted molar refractivity (Wildman–Crippen MR) is 46.8 cm³/mol. The smallest absolute Gasteiger partial charge is 0.310 e. The van der Waals surface area contributed by atoms with Gasteiger partial charge in [-0.2, -0.15) is 13.2 Å². The summed E-state index contributed by atoms with van der Waals surface area (Å²) in [6.45, 7) is 0.635. The van der Waals surface area contributed by atoms with Crippen molar-refractivity contribution >= 4 is 0 Å². The molecule has 0 radical (unpaired) electrons. The molecule has 0 saturated carbocycles. The Balaban J connectivity index is 2.48. The van der Waals surface area contributed by atoms with Crippen LogP contribution in [0.4, 0.5) is 17.6 Å². The second kappa shape index (κ2) is 3.48. The number of hydrogen-bond donors (Lipinski definition) is 1.